The monoisotopic (exact) mass is 432 g/mol. The third-order valence-corrected chi connectivity index (χ3v) is 5.73. The molecule has 4 rings (SSSR count). The second-order valence-electron chi connectivity index (χ2n) is 8.34. The highest BCUT2D eigenvalue weighted by Crippen LogP contribution is 2.23. The van der Waals surface area contributed by atoms with Gasteiger partial charge in [-0.05, 0) is 74.7 Å². The van der Waals surface area contributed by atoms with Crippen molar-refractivity contribution in [1.29, 1.82) is 0 Å². The van der Waals surface area contributed by atoms with Crippen LogP contribution in [0.15, 0.2) is 46.9 Å². The minimum absolute atomic E-state index is 0.152. The zero-order valence-corrected chi connectivity index (χ0v) is 18.6. The Morgan fingerprint density at radius 1 is 1.19 bits per heavy atom. The van der Waals surface area contributed by atoms with Crippen LogP contribution in [0.2, 0.25) is 0 Å². The number of benzene rings is 2. The Labute approximate surface area is 187 Å². The lowest BCUT2D eigenvalue weighted by Gasteiger charge is -2.19. The number of fused-ring (bicyclic) bond motifs is 1. The van der Waals surface area contributed by atoms with Crippen LogP contribution in [0.1, 0.15) is 30.4 Å². The van der Waals surface area contributed by atoms with Crippen LogP contribution in [0, 0.1) is 13.8 Å². The van der Waals surface area contributed by atoms with Crippen LogP contribution < -0.4 is 15.5 Å². The van der Waals surface area contributed by atoms with E-state index in [-0.39, 0.29) is 11.7 Å². The molecule has 0 spiro atoms. The number of Topliss-reactive ketones (excluding diaryl/α,β-unsaturated/α-hetero) is 1. The second-order valence-corrected chi connectivity index (χ2v) is 8.34. The largest absolute Gasteiger partial charge is 0.437 e. The summed E-state index contributed by atoms with van der Waals surface area (Å²) in [4.78, 5) is 30.1. The molecule has 7 heteroatoms. The van der Waals surface area contributed by atoms with Gasteiger partial charge in [0.1, 0.15) is 11.3 Å². The maximum atomic E-state index is 12.3. The molecule has 166 valence electrons. The fourth-order valence-corrected chi connectivity index (χ4v) is 3.81. The topological polar surface area (TPSA) is 87.5 Å². The maximum absolute atomic E-state index is 12.3. The van der Waals surface area contributed by atoms with E-state index in [1.807, 2.05) is 50.2 Å². The third-order valence-electron chi connectivity index (χ3n) is 5.73. The highest BCUT2D eigenvalue weighted by atomic mass is 16.3. The van der Waals surface area contributed by atoms with Crippen molar-refractivity contribution in [2.24, 2.45) is 0 Å². The lowest BCUT2D eigenvalue weighted by atomic mass is 10.1. The quantitative estimate of drug-likeness (QED) is 0.552. The minimum atomic E-state index is -0.248. The van der Waals surface area contributed by atoms with Crippen LogP contribution in [-0.2, 0) is 9.59 Å². The summed E-state index contributed by atoms with van der Waals surface area (Å²) in [6.45, 7) is 7.87. The molecule has 1 saturated heterocycles. The van der Waals surface area contributed by atoms with Crippen molar-refractivity contribution in [3.63, 3.8) is 0 Å². The number of rotatable bonds is 7. The number of carbonyl (C=O) groups is 2. The van der Waals surface area contributed by atoms with E-state index in [4.69, 9.17) is 4.42 Å². The Morgan fingerprint density at radius 2 is 1.94 bits per heavy atom. The predicted molar refractivity (Wildman–Crippen MR) is 127 cm³/mol. The number of aromatic nitrogens is 1. The number of hydrogen-bond donors (Lipinski definition) is 2. The van der Waals surface area contributed by atoms with E-state index < -0.39 is 0 Å². The molecule has 1 aliphatic heterocycles. The number of anilines is 2. The number of hydrogen-bond acceptors (Lipinski definition) is 6. The Kier molecular flexibility index (Phi) is 6.37. The summed E-state index contributed by atoms with van der Waals surface area (Å²) in [6.07, 6.45) is 4.00. The van der Waals surface area contributed by atoms with Crippen LogP contribution in [0.4, 0.5) is 11.4 Å². The average Bonchev–Trinajstić information content (AvgIpc) is 3.38. The van der Waals surface area contributed by atoms with Gasteiger partial charge >= 0.3 is 0 Å². The van der Waals surface area contributed by atoms with Crippen LogP contribution in [0.25, 0.3) is 17.2 Å². The zero-order chi connectivity index (χ0) is 22.7. The first-order valence-corrected chi connectivity index (χ1v) is 10.8. The molecule has 7 nitrogen and oxygen atoms in total. The first kappa shape index (κ1) is 21.8. The van der Waals surface area contributed by atoms with Crippen molar-refractivity contribution < 1.29 is 14.0 Å². The molecule has 3 aromatic rings. The van der Waals surface area contributed by atoms with Crippen molar-refractivity contribution in [1.82, 2.24) is 10.3 Å². The number of nitrogens with zero attached hydrogens (tertiary/aromatic N) is 2. The average molecular weight is 433 g/mol. The van der Waals surface area contributed by atoms with E-state index in [2.05, 4.69) is 20.5 Å². The fourth-order valence-electron chi connectivity index (χ4n) is 3.81. The molecule has 2 aromatic carbocycles. The molecule has 0 bridgehead atoms. The molecule has 2 heterocycles. The summed E-state index contributed by atoms with van der Waals surface area (Å²) in [7, 11) is 0. The Balaban J connectivity index is 1.32. The van der Waals surface area contributed by atoms with Crippen molar-refractivity contribution in [3.8, 4) is 0 Å². The standard InChI is InChI=1S/C25H28N4O3/c1-16-12-22-23(13-17(16)2)32-25(28-22)9-8-24(31)27-19-4-6-21(7-5-19)29-11-10-20(15-29)26-14-18(3)30/h4-9,12-13,20,26H,10-11,14-15H2,1-3H3,(H,27,31). The van der Waals surface area contributed by atoms with Gasteiger partial charge in [0.15, 0.2) is 5.58 Å². The van der Waals surface area contributed by atoms with Gasteiger partial charge in [-0.25, -0.2) is 4.98 Å². The molecule has 0 saturated carbocycles. The van der Waals surface area contributed by atoms with Crippen molar-refractivity contribution in [2.45, 2.75) is 33.2 Å². The van der Waals surface area contributed by atoms with E-state index in [0.29, 0.717) is 24.1 Å². The van der Waals surface area contributed by atoms with Gasteiger partial charge in [0, 0.05) is 42.7 Å². The second kappa shape index (κ2) is 9.36. The molecule has 1 fully saturated rings. The van der Waals surface area contributed by atoms with E-state index in [0.717, 1.165) is 47.5 Å². The van der Waals surface area contributed by atoms with Gasteiger partial charge in [-0.3, -0.25) is 9.59 Å². The first-order chi connectivity index (χ1) is 15.4. The molecule has 1 aromatic heterocycles. The summed E-state index contributed by atoms with van der Waals surface area (Å²) < 4.78 is 5.71. The summed E-state index contributed by atoms with van der Waals surface area (Å²) in [5.74, 6) is 0.304. The van der Waals surface area contributed by atoms with Crippen LogP contribution in [0.5, 0.6) is 0 Å². The van der Waals surface area contributed by atoms with E-state index >= 15 is 0 Å². The molecule has 1 amide bonds. The number of amides is 1. The molecule has 0 radical (unpaired) electrons. The zero-order valence-electron chi connectivity index (χ0n) is 18.6. The maximum Gasteiger partial charge on any atom is 0.248 e. The number of aryl methyl sites for hydroxylation is 2. The molecule has 1 unspecified atom stereocenters. The predicted octanol–water partition coefficient (Wildman–Crippen LogP) is 3.85. The Morgan fingerprint density at radius 3 is 2.69 bits per heavy atom. The smallest absolute Gasteiger partial charge is 0.248 e. The van der Waals surface area contributed by atoms with E-state index in [9.17, 15) is 9.59 Å². The van der Waals surface area contributed by atoms with Gasteiger partial charge in [-0.15, -0.1) is 0 Å². The summed E-state index contributed by atoms with van der Waals surface area (Å²) in [5, 5.41) is 6.15. The minimum Gasteiger partial charge on any atom is -0.437 e. The molecular weight excluding hydrogens is 404 g/mol. The van der Waals surface area contributed by atoms with Gasteiger partial charge < -0.3 is 20.0 Å². The number of carbonyl (C=O) groups excluding carboxylic acids is 2. The third kappa shape index (κ3) is 5.23. The molecular formula is C25H28N4O3. The highest BCUT2D eigenvalue weighted by molar-refractivity contribution is 6.01. The van der Waals surface area contributed by atoms with Crippen molar-refractivity contribution in [3.05, 3.63) is 59.5 Å². The first-order valence-electron chi connectivity index (χ1n) is 10.8. The number of oxazole rings is 1. The summed E-state index contributed by atoms with van der Waals surface area (Å²) in [5.41, 5.74) is 5.61. The van der Waals surface area contributed by atoms with Crippen LogP contribution >= 0.6 is 0 Å². The lowest BCUT2D eigenvalue weighted by Crippen LogP contribution is -2.35. The summed E-state index contributed by atoms with van der Waals surface area (Å²) in [6, 6.07) is 12.0. The van der Waals surface area contributed by atoms with Gasteiger partial charge in [0.2, 0.25) is 11.8 Å². The molecule has 32 heavy (non-hydrogen) atoms. The lowest BCUT2D eigenvalue weighted by molar-refractivity contribution is -0.116. The van der Waals surface area contributed by atoms with E-state index in [1.165, 1.54) is 6.08 Å². The van der Waals surface area contributed by atoms with Crippen molar-refractivity contribution in [2.75, 3.05) is 29.9 Å². The van der Waals surface area contributed by atoms with E-state index in [1.54, 1.807) is 13.0 Å². The molecule has 1 aliphatic rings. The number of ketones is 1. The number of nitrogens with one attached hydrogen (secondary N) is 2. The summed E-state index contributed by atoms with van der Waals surface area (Å²) >= 11 is 0. The van der Waals surface area contributed by atoms with Crippen LogP contribution in [0.3, 0.4) is 0 Å². The normalized spacial score (nSPS) is 16.2. The SMILES string of the molecule is CC(=O)CNC1CCN(c2ccc(NC(=O)C=Cc3nc4cc(C)c(C)cc4o3)cc2)C1. The van der Waals surface area contributed by atoms with Gasteiger partial charge in [-0.1, -0.05) is 0 Å². The Hall–Kier alpha value is -3.45. The fraction of sp³-hybridized carbons (Fsp3) is 0.320. The van der Waals surface area contributed by atoms with Crippen LogP contribution in [-0.4, -0.2) is 42.4 Å². The van der Waals surface area contributed by atoms with Crippen molar-refractivity contribution >= 4 is 40.2 Å². The van der Waals surface area contributed by atoms with Gasteiger partial charge in [0.05, 0.1) is 6.54 Å². The van der Waals surface area contributed by atoms with Gasteiger partial charge in [0.25, 0.3) is 0 Å². The molecule has 0 aliphatic carbocycles. The van der Waals surface area contributed by atoms with Gasteiger partial charge in [-0.2, -0.15) is 0 Å². The highest BCUT2D eigenvalue weighted by Gasteiger charge is 2.22. The Bertz CT molecular complexity index is 1120. The molecule has 1 atom stereocenters. The molecule has 2 N–H and O–H groups in total.